The SMILES string of the molecule is CN(CC1CCCCC1)c1c(F)cccc1C(=O)O. The topological polar surface area (TPSA) is 40.5 Å². The van der Waals surface area contributed by atoms with Crippen molar-refractivity contribution >= 4 is 11.7 Å². The molecule has 1 fully saturated rings. The van der Waals surface area contributed by atoms with Crippen molar-refractivity contribution in [3.05, 3.63) is 29.6 Å². The number of para-hydroxylation sites is 1. The molecule has 2 rings (SSSR count). The molecule has 1 aliphatic rings. The van der Waals surface area contributed by atoms with Gasteiger partial charge in [0.25, 0.3) is 0 Å². The highest BCUT2D eigenvalue weighted by molar-refractivity contribution is 5.94. The molecule has 0 spiro atoms. The highest BCUT2D eigenvalue weighted by Gasteiger charge is 2.21. The first-order valence-corrected chi connectivity index (χ1v) is 6.82. The summed E-state index contributed by atoms with van der Waals surface area (Å²) in [5, 5.41) is 9.15. The number of rotatable bonds is 4. The number of nitrogens with zero attached hydrogens (tertiary/aromatic N) is 1. The number of halogens is 1. The Bertz CT molecular complexity index is 455. The molecule has 0 unspecified atom stereocenters. The quantitative estimate of drug-likeness (QED) is 0.905. The molecule has 4 heteroatoms. The standard InChI is InChI=1S/C15H20FNO2/c1-17(10-11-6-3-2-4-7-11)14-12(15(18)19)8-5-9-13(14)16/h5,8-9,11H,2-4,6-7,10H2,1H3,(H,18,19). The van der Waals surface area contributed by atoms with Crippen LogP contribution in [-0.4, -0.2) is 24.7 Å². The Morgan fingerprint density at radius 3 is 2.68 bits per heavy atom. The molecule has 0 atom stereocenters. The smallest absolute Gasteiger partial charge is 0.337 e. The van der Waals surface area contributed by atoms with Crippen LogP contribution in [0.2, 0.25) is 0 Å². The Morgan fingerprint density at radius 2 is 2.05 bits per heavy atom. The summed E-state index contributed by atoms with van der Waals surface area (Å²) in [4.78, 5) is 12.9. The largest absolute Gasteiger partial charge is 0.478 e. The predicted molar refractivity (Wildman–Crippen MR) is 73.2 cm³/mol. The van der Waals surface area contributed by atoms with Crippen molar-refractivity contribution in [2.24, 2.45) is 5.92 Å². The van der Waals surface area contributed by atoms with Crippen molar-refractivity contribution in [2.75, 3.05) is 18.5 Å². The Kier molecular flexibility index (Phi) is 4.40. The van der Waals surface area contributed by atoms with Gasteiger partial charge in [-0.15, -0.1) is 0 Å². The Hall–Kier alpha value is -1.58. The maximum Gasteiger partial charge on any atom is 0.337 e. The van der Waals surface area contributed by atoms with E-state index in [1.807, 2.05) is 0 Å². The summed E-state index contributed by atoms with van der Waals surface area (Å²) < 4.78 is 13.9. The van der Waals surface area contributed by atoms with E-state index in [0.717, 1.165) is 19.4 Å². The third kappa shape index (κ3) is 3.25. The first-order valence-electron chi connectivity index (χ1n) is 6.82. The van der Waals surface area contributed by atoms with Gasteiger partial charge in [0.2, 0.25) is 0 Å². The van der Waals surface area contributed by atoms with Crippen molar-refractivity contribution in [1.82, 2.24) is 0 Å². The van der Waals surface area contributed by atoms with E-state index in [9.17, 15) is 9.18 Å². The minimum absolute atomic E-state index is 0.0401. The van der Waals surface area contributed by atoms with Gasteiger partial charge in [-0.2, -0.15) is 0 Å². The average Bonchev–Trinajstić information content (AvgIpc) is 2.39. The third-order valence-corrected chi connectivity index (χ3v) is 3.86. The summed E-state index contributed by atoms with van der Waals surface area (Å²) in [7, 11) is 1.78. The van der Waals surface area contributed by atoms with E-state index >= 15 is 0 Å². The lowest BCUT2D eigenvalue weighted by molar-refractivity contribution is 0.0697. The zero-order chi connectivity index (χ0) is 13.8. The minimum atomic E-state index is -1.08. The number of hydrogen-bond donors (Lipinski definition) is 1. The van der Waals surface area contributed by atoms with Gasteiger partial charge in [0.15, 0.2) is 0 Å². The summed E-state index contributed by atoms with van der Waals surface area (Å²) in [6.07, 6.45) is 6.03. The number of hydrogen-bond acceptors (Lipinski definition) is 2. The van der Waals surface area contributed by atoms with E-state index in [0.29, 0.717) is 5.92 Å². The van der Waals surface area contributed by atoms with E-state index < -0.39 is 11.8 Å². The molecule has 3 nitrogen and oxygen atoms in total. The monoisotopic (exact) mass is 265 g/mol. The molecule has 0 radical (unpaired) electrons. The van der Waals surface area contributed by atoms with Gasteiger partial charge >= 0.3 is 5.97 Å². The molecular weight excluding hydrogens is 245 g/mol. The van der Waals surface area contributed by atoms with E-state index in [-0.39, 0.29) is 11.3 Å². The van der Waals surface area contributed by atoms with E-state index in [1.165, 1.54) is 37.5 Å². The van der Waals surface area contributed by atoms with Gasteiger partial charge in [-0.1, -0.05) is 25.3 Å². The van der Waals surface area contributed by atoms with Gasteiger partial charge < -0.3 is 10.0 Å². The van der Waals surface area contributed by atoms with Gasteiger partial charge in [-0.25, -0.2) is 9.18 Å². The lowest BCUT2D eigenvalue weighted by atomic mass is 9.89. The highest BCUT2D eigenvalue weighted by atomic mass is 19.1. The van der Waals surface area contributed by atoms with Gasteiger partial charge in [0.05, 0.1) is 11.3 Å². The zero-order valence-corrected chi connectivity index (χ0v) is 11.2. The van der Waals surface area contributed by atoms with Crippen LogP contribution >= 0.6 is 0 Å². The Balaban J connectivity index is 2.17. The van der Waals surface area contributed by atoms with Gasteiger partial charge in [0.1, 0.15) is 5.82 Å². The second-order valence-corrected chi connectivity index (χ2v) is 5.33. The van der Waals surface area contributed by atoms with Crippen LogP contribution in [0.4, 0.5) is 10.1 Å². The molecule has 0 aromatic heterocycles. The third-order valence-electron chi connectivity index (χ3n) is 3.86. The minimum Gasteiger partial charge on any atom is -0.478 e. The maximum atomic E-state index is 13.9. The zero-order valence-electron chi connectivity index (χ0n) is 11.2. The number of anilines is 1. The lowest BCUT2D eigenvalue weighted by Crippen LogP contribution is -2.29. The second-order valence-electron chi connectivity index (χ2n) is 5.33. The molecule has 0 saturated heterocycles. The molecule has 1 aromatic rings. The molecule has 104 valence electrons. The molecule has 1 N–H and O–H groups in total. The van der Waals surface area contributed by atoms with Crippen molar-refractivity contribution in [3.63, 3.8) is 0 Å². The van der Waals surface area contributed by atoms with Crippen LogP contribution < -0.4 is 4.90 Å². The van der Waals surface area contributed by atoms with Crippen molar-refractivity contribution in [2.45, 2.75) is 32.1 Å². The number of benzene rings is 1. The fourth-order valence-corrected chi connectivity index (χ4v) is 2.92. The van der Waals surface area contributed by atoms with Crippen LogP contribution in [0.3, 0.4) is 0 Å². The summed E-state index contributed by atoms with van der Waals surface area (Å²) in [6, 6.07) is 4.22. The highest BCUT2D eigenvalue weighted by Crippen LogP contribution is 2.28. The molecule has 1 aliphatic carbocycles. The van der Waals surface area contributed by atoms with Crippen molar-refractivity contribution in [1.29, 1.82) is 0 Å². The predicted octanol–water partition coefficient (Wildman–Crippen LogP) is 3.54. The molecule has 0 heterocycles. The van der Waals surface area contributed by atoms with Crippen molar-refractivity contribution in [3.8, 4) is 0 Å². The van der Waals surface area contributed by atoms with Crippen LogP contribution in [0.25, 0.3) is 0 Å². The van der Waals surface area contributed by atoms with Crippen LogP contribution in [0.15, 0.2) is 18.2 Å². The molecule has 0 bridgehead atoms. The number of carboxylic acid groups (broad SMARTS) is 1. The van der Waals surface area contributed by atoms with Crippen LogP contribution in [0.5, 0.6) is 0 Å². The van der Waals surface area contributed by atoms with Crippen LogP contribution in [0.1, 0.15) is 42.5 Å². The molecule has 0 aliphatic heterocycles. The van der Waals surface area contributed by atoms with E-state index in [2.05, 4.69) is 0 Å². The van der Waals surface area contributed by atoms with Crippen LogP contribution in [0, 0.1) is 11.7 Å². The molecule has 0 amide bonds. The molecule has 19 heavy (non-hydrogen) atoms. The number of aromatic carboxylic acids is 1. The molecule has 1 aromatic carbocycles. The van der Waals surface area contributed by atoms with Gasteiger partial charge in [-0.05, 0) is 30.9 Å². The lowest BCUT2D eigenvalue weighted by Gasteiger charge is -2.29. The Labute approximate surface area is 113 Å². The fourth-order valence-electron chi connectivity index (χ4n) is 2.92. The second kappa shape index (κ2) is 6.04. The fraction of sp³-hybridized carbons (Fsp3) is 0.533. The summed E-state index contributed by atoms with van der Waals surface area (Å²) in [5.41, 5.74) is 0.249. The van der Waals surface area contributed by atoms with Gasteiger partial charge in [-0.3, -0.25) is 0 Å². The first kappa shape index (κ1) is 13.8. The average molecular weight is 265 g/mol. The first-order chi connectivity index (χ1) is 9.09. The Morgan fingerprint density at radius 1 is 1.37 bits per heavy atom. The van der Waals surface area contributed by atoms with Crippen molar-refractivity contribution < 1.29 is 14.3 Å². The summed E-state index contributed by atoms with van der Waals surface area (Å²) in [5.74, 6) is -0.997. The maximum absolute atomic E-state index is 13.9. The number of carboxylic acids is 1. The molecule has 1 saturated carbocycles. The summed E-state index contributed by atoms with van der Waals surface area (Å²) in [6.45, 7) is 0.723. The normalized spacial score (nSPS) is 16.3. The van der Waals surface area contributed by atoms with E-state index in [1.54, 1.807) is 11.9 Å². The van der Waals surface area contributed by atoms with Crippen LogP contribution in [-0.2, 0) is 0 Å². The van der Waals surface area contributed by atoms with Gasteiger partial charge in [0, 0.05) is 13.6 Å². The summed E-state index contributed by atoms with van der Waals surface area (Å²) >= 11 is 0. The molecular formula is C15H20FNO2. The number of carbonyl (C=O) groups is 1. The van der Waals surface area contributed by atoms with E-state index in [4.69, 9.17) is 5.11 Å².